The molecule has 2 saturated heterocycles. The molecule has 3 aromatic rings. The van der Waals surface area contributed by atoms with Crippen molar-refractivity contribution >= 4 is 75.1 Å². The number of nitrogens with zero attached hydrogens (tertiary/aromatic N) is 4. The molecule has 4 heterocycles. The number of pyridine rings is 1. The van der Waals surface area contributed by atoms with Gasteiger partial charge in [-0.1, -0.05) is 34.8 Å². The topological polar surface area (TPSA) is 90.0 Å². The highest BCUT2D eigenvalue weighted by molar-refractivity contribution is 7.13. The smallest absolute Gasteiger partial charge is 0.267 e. The third-order valence-electron chi connectivity index (χ3n) is 7.90. The molecule has 0 atom stereocenters. The van der Waals surface area contributed by atoms with Gasteiger partial charge < -0.3 is 25.2 Å². The molecule has 2 aliphatic heterocycles. The fourth-order valence-electron chi connectivity index (χ4n) is 5.41. The molecule has 13 heteroatoms. The predicted octanol–water partition coefficient (Wildman–Crippen LogP) is 6.75. The molecular formula is C31H37Cl3N6O3S. The molecule has 5 rings (SSSR count). The Bertz CT molecular complexity index is 1460. The molecule has 2 aliphatic rings. The van der Waals surface area contributed by atoms with Crippen molar-refractivity contribution in [1.82, 2.24) is 14.8 Å². The van der Waals surface area contributed by atoms with Crippen molar-refractivity contribution in [3.63, 3.8) is 0 Å². The summed E-state index contributed by atoms with van der Waals surface area (Å²) in [7, 11) is 0. The number of hydrogen-bond donors (Lipinski definition) is 2. The summed E-state index contributed by atoms with van der Waals surface area (Å²) in [5, 5.41) is 8.98. The Hall–Kier alpha value is -2.44. The number of amides is 2. The Morgan fingerprint density at radius 1 is 1.02 bits per heavy atom. The van der Waals surface area contributed by atoms with Crippen LogP contribution in [0.25, 0.3) is 0 Å². The van der Waals surface area contributed by atoms with E-state index in [-0.39, 0.29) is 5.56 Å². The molecule has 0 unspecified atom stereocenters. The monoisotopic (exact) mass is 678 g/mol. The minimum Gasteiger partial charge on any atom is -0.378 e. The van der Waals surface area contributed by atoms with Gasteiger partial charge in [0.15, 0.2) is 0 Å². The Kier molecular flexibility index (Phi) is 11.4. The number of carbonyl (C=O) groups excluding carboxylic acids is 2. The zero-order valence-corrected chi connectivity index (χ0v) is 28.0. The van der Waals surface area contributed by atoms with Gasteiger partial charge in [-0.2, -0.15) is 0 Å². The van der Waals surface area contributed by atoms with Crippen LogP contribution in [0, 0.1) is 0 Å². The molecule has 2 aromatic heterocycles. The second-order valence-electron chi connectivity index (χ2n) is 11.2. The molecule has 0 saturated carbocycles. The summed E-state index contributed by atoms with van der Waals surface area (Å²) in [6, 6.07) is 6.85. The third-order valence-corrected chi connectivity index (χ3v) is 9.91. The second kappa shape index (κ2) is 15.2. The Balaban J connectivity index is 1.39. The maximum atomic E-state index is 13.8. The molecule has 9 nitrogen and oxygen atoms in total. The van der Waals surface area contributed by atoms with Gasteiger partial charge in [0, 0.05) is 50.0 Å². The summed E-state index contributed by atoms with van der Waals surface area (Å²) in [5.74, 6) is -0.555. The number of ether oxygens (including phenoxy) is 1. The second-order valence-corrected chi connectivity index (χ2v) is 13.4. The molecule has 2 N–H and O–H groups in total. The first-order valence-corrected chi connectivity index (χ1v) is 16.8. The fourth-order valence-corrected chi connectivity index (χ4v) is 6.98. The van der Waals surface area contributed by atoms with E-state index >= 15 is 0 Å². The highest BCUT2D eigenvalue weighted by Gasteiger charge is 2.26. The molecule has 2 amide bonds. The van der Waals surface area contributed by atoms with Crippen molar-refractivity contribution in [3.05, 3.63) is 66.9 Å². The maximum absolute atomic E-state index is 13.8. The summed E-state index contributed by atoms with van der Waals surface area (Å²) < 4.78 is 5.54. The average molecular weight is 680 g/mol. The minimum atomic E-state index is -0.476. The minimum absolute atomic E-state index is 0.199. The highest BCUT2D eigenvalue weighted by atomic mass is 35.5. The van der Waals surface area contributed by atoms with E-state index in [1.165, 1.54) is 36.4 Å². The molecule has 44 heavy (non-hydrogen) atoms. The Morgan fingerprint density at radius 2 is 1.77 bits per heavy atom. The number of morpholine rings is 1. The van der Waals surface area contributed by atoms with Crippen LogP contribution in [0.15, 0.2) is 35.8 Å². The number of aromatic nitrogens is 1. The fraction of sp³-hybridized carbons (Fsp3) is 0.452. The van der Waals surface area contributed by atoms with Crippen LogP contribution < -0.4 is 15.5 Å². The van der Waals surface area contributed by atoms with Crippen molar-refractivity contribution in [2.45, 2.75) is 39.3 Å². The third kappa shape index (κ3) is 8.23. The van der Waals surface area contributed by atoms with Gasteiger partial charge in [-0.25, -0.2) is 4.98 Å². The molecule has 0 radical (unpaired) electrons. The first kappa shape index (κ1) is 32.9. The lowest BCUT2D eigenvalue weighted by atomic mass is 10.1. The number of likely N-dealkylation sites (tertiary alicyclic amines) is 1. The van der Waals surface area contributed by atoms with E-state index in [1.54, 1.807) is 18.2 Å². The standard InChI is InChI=1S/C31H37Cl3N6O3S/c1-20(2)40(10-9-38-7-3-4-8-38)18-21-19-44-29(27(21)34)31(42)37-28-24(30(41)36-26-6-5-22(32)17-35-26)15-23(33)16-25(28)39-11-13-43-14-12-39/h5-6,15-17,19-20H,3-4,7-14,18H2,1-2H3,(H,37,42)(H,35,36,41). The van der Waals surface area contributed by atoms with Crippen LogP contribution in [0.5, 0.6) is 0 Å². The van der Waals surface area contributed by atoms with Crippen LogP contribution in [-0.2, 0) is 11.3 Å². The number of anilines is 3. The molecule has 0 bridgehead atoms. The molecular weight excluding hydrogens is 643 g/mol. The van der Waals surface area contributed by atoms with Gasteiger partial charge in [-0.15, -0.1) is 11.3 Å². The molecule has 2 fully saturated rings. The normalized spacial score (nSPS) is 15.8. The van der Waals surface area contributed by atoms with E-state index in [9.17, 15) is 9.59 Å². The van der Waals surface area contributed by atoms with Gasteiger partial charge in [0.1, 0.15) is 10.7 Å². The lowest BCUT2D eigenvalue weighted by Crippen LogP contribution is -2.37. The van der Waals surface area contributed by atoms with Crippen molar-refractivity contribution < 1.29 is 14.3 Å². The van der Waals surface area contributed by atoms with Gasteiger partial charge in [-0.05, 0) is 75.0 Å². The summed E-state index contributed by atoms with van der Waals surface area (Å²) in [6.07, 6.45) is 3.97. The number of benzene rings is 1. The first-order chi connectivity index (χ1) is 21.2. The summed E-state index contributed by atoms with van der Waals surface area (Å²) >= 11 is 20.6. The van der Waals surface area contributed by atoms with Crippen LogP contribution >= 0.6 is 46.1 Å². The Morgan fingerprint density at radius 3 is 2.45 bits per heavy atom. The largest absolute Gasteiger partial charge is 0.378 e. The SMILES string of the molecule is CC(C)N(CCN1CCCC1)Cc1csc(C(=O)Nc2c(C(=O)Nc3ccc(Cl)cn3)cc(Cl)cc2N2CCOCC2)c1Cl. The summed E-state index contributed by atoms with van der Waals surface area (Å²) in [6.45, 7) is 11.5. The van der Waals surface area contributed by atoms with Crippen LogP contribution in [0.1, 0.15) is 52.3 Å². The summed E-state index contributed by atoms with van der Waals surface area (Å²) in [5.41, 5.74) is 2.08. The van der Waals surface area contributed by atoms with E-state index in [0.29, 0.717) is 76.0 Å². The number of rotatable bonds is 11. The zero-order chi connectivity index (χ0) is 31.2. The molecule has 0 aliphatic carbocycles. The lowest BCUT2D eigenvalue weighted by Gasteiger charge is -2.31. The van der Waals surface area contributed by atoms with E-state index in [4.69, 9.17) is 39.5 Å². The van der Waals surface area contributed by atoms with Gasteiger partial charge in [0.2, 0.25) is 0 Å². The quantitative estimate of drug-likeness (QED) is 0.232. The number of thiophene rings is 1. The molecule has 1 aromatic carbocycles. The van der Waals surface area contributed by atoms with Crippen LogP contribution in [0.2, 0.25) is 15.1 Å². The zero-order valence-electron chi connectivity index (χ0n) is 24.9. The van der Waals surface area contributed by atoms with Crippen molar-refractivity contribution in [2.75, 3.05) is 68.0 Å². The van der Waals surface area contributed by atoms with E-state index in [0.717, 1.165) is 31.7 Å². The van der Waals surface area contributed by atoms with E-state index in [1.807, 2.05) is 10.3 Å². The lowest BCUT2D eigenvalue weighted by molar-refractivity contribution is 0.102. The number of nitrogens with one attached hydrogen (secondary N) is 2. The number of hydrogen-bond acceptors (Lipinski definition) is 8. The van der Waals surface area contributed by atoms with Crippen molar-refractivity contribution in [1.29, 1.82) is 0 Å². The maximum Gasteiger partial charge on any atom is 0.267 e. The Labute approximate surface area is 277 Å². The number of halogens is 3. The van der Waals surface area contributed by atoms with Crippen LogP contribution in [0.3, 0.4) is 0 Å². The van der Waals surface area contributed by atoms with Gasteiger partial charge in [0.25, 0.3) is 11.8 Å². The van der Waals surface area contributed by atoms with Crippen molar-refractivity contribution in [3.8, 4) is 0 Å². The van der Waals surface area contributed by atoms with E-state index < -0.39 is 11.8 Å². The predicted molar refractivity (Wildman–Crippen MR) is 180 cm³/mol. The molecule has 236 valence electrons. The van der Waals surface area contributed by atoms with Gasteiger partial charge >= 0.3 is 0 Å². The van der Waals surface area contributed by atoms with Crippen LogP contribution in [0.4, 0.5) is 17.2 Å². The molecule has 0 spiro atoms. The van der Waals surface area contributed by atoms with Crippen molar-refractivity contribution in [2.24, 2.45) is 0 Å². The van der Waals surface area contributed by atoms with Gasteiger partial charge in [-0.3, -0.25) is 14.5 Å². The first-order valence-electron chi connectivity index (χ1n) is 14.8. The number of carbonyl (C=O) groups is 2. The van der Waals surface area contributed by atoms with Gasteiger partial charge in [0.05, 0.1) is 40.2 Å². The summed E-state index contributed by atoms with van der Waals surface area (Å²) in [4.78, 5) is 38.9. The highest BCUT2D eigenvalue weighted by Crippen LogP contribution is 2.37. The van der Waals surface area contributed by atoms with E-state index in [2.05, 4.69) is 39.3 Å². The van der Waals surface area contributed by atoms with Crippen LogP contribution in [-0.4, -0.2) is 85.1 Å². The average Bonchev–Trinajstić information content (AvgIpc) is 3.67.